The number of likely N-dealkylation sites (N-methyl/N-ethyl adjacent to an activating group) is 1. The smallest absolute Gasteiger partial charge is 0.318 e. The van der Waals surface area contributed by atoms with E-state index in [9.17, 15) is 9.65 Å². The standard InChI is InChI=1S/C29H33FN8O/c1-5-20(15-37-18-24-10-25(37)17-36(24)4)7-8-21(11-30)16-38-27(23-9-22(12-31)13-32-14-23)34-26-19(3)33-29(39-6-2)35-28(26)38/h5,7-9,11,13-14,24-25H,6,10,15-18H2,1-4H3/b8-7-,20-5+,21-11-. The van der Waals surface area contributed by atoms with Gasteiger partial charge < -0.3 is 14.2 Å². The van der Waals surface area contributed by atoms with E-state index in [0.29, 0.717) is 64.4 Å². The van der Waals surface area contributed by atoms with Gasteiger partial charge in [-0.1, -0.05) is 18.2 Å². The number of halogens is 1. The van der Waals surface area contributed by atoms with Gasteiger partial charge in [-0.05, 0) is 45.9 Å². The van der Waals surface area contributed by atoms with Gasteiger partial charge in [0.1, 0.15) is 17.4 Å². The quantitative estimate of drug-likeness (QED) is 0.381. The first-order chi connectivity index (χ1) is 18.9. The average molecular weight is 529 g/mol. The van der Waals surface area contributed by atoms with E-state index < -0.39 is 0 Å². The van der Waals surface area contributed by atoms with Crippen LogP contribution in [0.1, 0.15) is 31.5 Å². The minimum absolute atomic E-state index is 0.174. The molecule has 2 unspecified atom stereocenters. The van der Waals surface area contributed by atoms with Crippen LogP contribution in [-0.2, 0) is 6.54 Å². The lowest BCUT2D eigenvalue weighted by atomic mass is 10.1. The highest BCUT2D eigenvalue weighted by Gasteiger charge is 2.41. The zero-order chi connectivity index (χ0) is 27.5. The average Bonchev–Trinajstić information content (AvgIpc) is 3.62. The Kier molecular flexibility index (Phi) is 7.82. The number of nitrogens with zero attached hydrogens (tertiary/aromatic N) is 8. The summed E-state index contributed by atoms with van der Waals surface area (Å²) in [6, 6.07) is 5.28. The Morgan fingerprint density at radius 3 is 2.64 bits per heavy atom. The molecule has 2 aliphatic rings. The summed E-state index contributed by atoms with van der Waals surface area (Å²) in [6.07, 6.45) is 10.9. The molecule has 39 heavy (non-hydrogen) atoms. The fraction of sp³-hybridized carbons (Fsp3) is 0.414. The molecule has 0 N–H and O–H groups in total. The summed E-state index contributed by atoms with van der Waals surface area (Å²) in [5.41, 5.74) is 4.40. The van der Waals surface area contributed by atoms with E-state index in [1.807, 2.05) is 37.5 Å². The first-order valence-corrected chi connectivity index (χ1v) is 13.2. The predicted molar refractivity (Wildman–Crippen MR) is 148 cm³/mol. The Balaban J connectivity index is 1.46. The first-order valence-electron chi connectivity index (χ1n) is 13.2. The van der Waals surface area contributed by atoms with Crippen LogP contribution in [0.25, 0.3) is 22.6 Å². The van der Waals surface area contributed by atoms with Gasteiger partial charge in [-0.25, -0.2) is 9.37 Å². The number of fused-ring (bicyclic) bond motifs is 3. The lowest BCUT2D eigenvalue weighted by molar-refractivity contribution is 0.160. The monoisotopic (exact) mass is 528 g/mol. The molecule has 2 aliphatic heterocycles. The van der Waals surface area contributed by atoms with Gasteiger partial charge in [-0.2, -0.15) is 15.2 Å². The van der Waals surface area contributed by atoms with Gasteiger partial charge in [-0.3, -0.25) is 9.88 Å². The number of imidazole rings is 1. The van der Waals surface area contributed by atoms with Crippen molar-refractivity contribution in [1.29, 1.82) is 5.26 Å². The molecule has 3 aromatic rings. The van der Waals surface area contributed by atoms with Crippen LogP contribution in [0, 0.1) is 18.3 Å². The molecular weight excluding hydrogens is 495 g/mol. The topological polar surface area (TPSA) is 96.0 Å². The molecule has 0 aliphatic carbocycles. The van der Waals surface area contributed by atoms with Crippen molar-refractivity contribution in [3.05, 3.63) is 65.4 Å². The Morgan fingerprint density at radius 2 is 1.97 bits per heavy atom. The second-order valence-electron chi connectivity index (χ2n) is 10.1. The second kappa shape index (κ2) is 11.4. The number of allylic oxidation sites excluding steroid dienone is 3. The van der Waals surface area contributed by atoms with Crippen LogP contribution >= 0.6 is 0 Å². The molecule has 10 heteroatoms. The highest BCUT2D eigenvalue weighted by Crippen LogP contribution is 2.30. The summed E-state index contributed by atoms with van der Waals surface area (Å²) in [5, 5.41) is 9.40. The Morgan fingerprint density at radius 1 is 1.15 bits per heavy atom. The highest BCUT2D eigenvalue weighted by atomic mass is 19.1. The van der Waals surface area contributed by atoms with Crippen LogP contribution in [0.3, 0.4) is 0 Å². The van der Waals surface area contributed by atoms with E-state index in [-0.39, 0.29) is 12.6 Å². The SMILES string of the molecule is C\C=C(/C=C\C(=C\F)Cn1c(-c2cncc(C#N)c2)nc2c(C)nc(OCC)nc21)CN1CC2CC1CN2C. The summed E-state index contributed by atoms with van der Waals surface area (Å²) in [4.78, 5) is 23.0. The van der Waals surface area contributed by atoms with Gasteiger partial charge in [0.25, 0.3) is 0 Å². The summed E-state index contributed by atoms with van der Waals surface area (Å²) < 4.78 is 21.7. The Hall–Kier alpha value is -3.94. The van der Waals surface area contributed by atoms with Crippen molar-refractivity contribution >= 4 is 11.2 Å². The lowest BCUT2D eigenvalue weighted by Crippen LogP contribution is -2.44. The molecule has 2 fully saturated rings. The number of nitriles is 1. The maximum atomic E-state index is 14.3. The molecule has 9 nitrogen and oxygen atoms in total. The van der Waals surface area contributed by atoms with Gasteiger partial charge in [0.15, 0.2) is 5.65 Å². The summed E-state index contributed by atoms with van der Waals surface area (Å²) in [5.74, 6) is 0.525. The maximum Gasteiger partial charge on any atom is 0.318 e. The Labute approximate surface area is 228 Å². The van der Waals surface area contributed by atoms with Gasteiger partial charge in [0.2, 0.25) is 0 Å². The molecular formula is C29H33FN8O. The van der Waals surface area contributed by atoms with Crippen LogP contribution in [-0.4, -0.2) is 79.7 Å². The van der Waals surface area contributed by atoms with Crippen LogP contribution in [0.15, 0.2) is 54.2 Å². The number of likely N-dealkylation sites (tertiary alicyclic amines) is 2. The molecule has 3 aromatic heterocycles. The first kappa shape index (κ1) is 26.7. The fourth-order valence-corrected chi connectivity index (χ4v) is 5.44. The Bertz CT molecular complexity index is 1500. The van der Waals surface area contributed by atoms with E-state index in [1.54, 1.807) is 12.3 Å². The molecule has 0 saturated carbocycles. The van der Waals surface area contributed by atoms with Crippen molar-refractivity contribution in [1.82, 2.24) is 34.3 Å². The molecule has 2 bridgehead atoms. The molecule has 5 heterocycles. The molecule has 0 radical (unpaired) electrons. The number of aryl methyl sites for hydroxylation is 1. The molecule has 0 aromatic carbocycles. The van der Waals surface area contributed by atoms with E-state index in [0.717, 1.165) is 25.2 Å². The van der Waals surface area contributed by atoms with Crippen molar-refractivity contribution in [3.8, 4) is 23.5 Å². The second-order valence-corrected chi connectivity index (χ2v) is 10.1. The molecule has 202 valence electrons. The number of rotatable bonds is 9. The van der Waals surface area contributed by atoms with E-state index in [1.165, 1.54) is 12.6 Å². The number of hydrogen-bond donors (Lipinski definition) is 0. The van der Waals surface area contributed by atoms with Crippen molar-refractivity contribution in [2.75, 3.05) is 33.3 Å². The van der Waals surface area contributed by atoms with Gasteiger partial charge in [-0.15, -0.1) is 0 Å². The van der Waals surface area contributed by atoms with Crippen molar-refractivity contribution in [2.24, 2.45) is 0 Å². The number of pyridine rings is 1. The van der Waals surface area contributed by atoms with E-state index >= 15 is 0 Å². The zero-order valence-electron chi connectivity index (χ0n) is 22.8. The third-order valence-corrected chi connectivity index (χ3v) is 7.52. The summed E-state index contributed by atoms with van der Waals surface area (Å²) in [6.45, 7) is 9.33. The van der Waals surface area contributed by atoms with Crippen molar-refractivity contribution in [3.63, 3.8) is 0 Å². The number of ether oxygens (including phenoxy) is 1. The van der Waals surface area contributed by atoms with E-state index in [2.05, 4.69) is 43.9 Å². The van der Waals surface area contributed by atoms with Gasteiger partial charge in [0, 0.05) is 55.2 Å². The normalized spacial score (nSPS) is 20.4. The molecule has 0 amide bonds. The number of hydrogen-bond acceptors (Lipinski definition) is 8. The maximum absolute atomic E-state index is 14.3. The summed E-state index contributed by atoms with van der Waals surface area (Å²) in [7, 11) is 2.20. The van der Waals surface area contributed by atoms with Crippen LogP contribution in [0.5, 0.6) is 6.01 Å². The minimum Gasteiger partial charge on any atom is -0.464 e. The minimum atomic E-state index is 0.174. The van der Waals surface area contributed by atoms with E-state index in [4.69, 9.17) is 9.72 Å². The largest absolute Gasteiger partial charge is 0.464 e. The van der Waals surface area contributed by atoms with Crippen LogP contribution in [0.2, 0.25) is 0 Å². The van der Waals surface area contributed by atoms with Crippen LogP contribution in [0.4, 0.5) is 4.39 Å². The third-order valence-electron chi connectivity index (χ3n) is 7.52. The molecule has 5 rings (SSSR count). The number of aromatic nitrogens is 5. The van der Waals surface area contributed by atoms with Gasteiger partial charge in [0.05, 0.1) is 30.7 Å². The predicted octanol–water partition coefficient (Wildman–Crippen LogP) is 4.21. The zero-order valence-corrected chi connectivity index (χ0v) is 22.8. The fourth-order valence-electron chi connectivity index (χ4n) is 5.44. The summed E-state index contributed by atoms with van der Waals surface area (Å²) >= 11 is 0. The lowest BCUT2D eigenvalue weighted by Gasteiger charge is -2.32. The molecule has 0 spiro atoms. The van der Waals surface area contributed by atoms with Crippen molar-refractivity contribution in [2.45, 2.75) is 45.8 Å². The van der Waals surface area contributed by atoms with Gasteiger partial charge >= 0.3 is 6.01 Å². The molecule has 2 atom stereocenters. The van der Waals surface area contributed by atoms with Crippen molar-refractivity contribution < 1.29 is 9.13 Å². The number of piperazine rings is 1. The molecule has 2 saturated heterocycles. The van der Waals surface area contributed by atoms with Crippen LogP contribution < -0.4 is 4.74 Å². The third kappa shape index (κ3) is 5.46. The highest BCUT2D eigenvalue weighted by molar-refractivity contribution is 5.79.